The molecule has 6 nitrogen and oxygen atoms in total. The molecule has 0 spiro atoms. The summed E-state index contributed by atoms with van der Waals surface area (Å²) in [5.41, 5.74) is 0. The van der Waals surface area contributed by atoms with Crippen molar-refractivity contribution >= 4 is 11.9 Å². The molecule has 3 unspecified atom stereocenters. The van der Waals surface area contributed by atoms with Crippen LogP contribution in [0.2, 0.25) is 0 Å². The first-order chi connectivity index (χ1) is 8.51. The van der Waals surface area contributed by atoms with Crippen molar-refractivity contribution in [2.24, 2.45) is 5.92 Å². The lowest BCUT2D eigenvalue weighted by Gasteiger charge is -2.37. The van der Waals surface area contributed by atoms with Crippen molar-refractivity contribution in [2.45, 2.75) is 26.0 Å². The molecule has 1 fully saturated rings. The number of morpholine rings is 1. The van der Waals surface area contributed by atoms with Crippen molar-refractivity contribution in [1.82, 2.24) is 4.90 Å². The van der Waals surface area contributed by atoms with Gasteiger partial charge in [0.1, 0.15) is 0 Å². The van der Waals surface area contributed by atoms with E-state index in [4.69, 9.17) is 9.47 Å². The van der Waals surface area contributed by atoms with Crippen molar-refractivity contribution in [3.8, 4) is 0 Å². The zero-order chi connectivity index (χ0) is 13.7. The van der Waals surface area contributed by atoms with E-state index in [0.717, 1.165) is 0 Å². The Bertz CT molecular complexity index is 293. The Kier molecular flexibility index (Phi) is 5.55. The molecule has 0 aromatic rings. The second kappa shape index (κ2) is 6.70. The third-order valence-electron chi connectivity index (χ3n) is 3.43. The second-order valence-electron chi connectivity index (χ2n) is 4.43. The van der Waals surface area contributed by atoms with Gasteiger partial charge in [-0.25, -0.2) is 4.79 Å². The Morgan fingerprint density at radius 1 is 1.28 bits per heavy atom. The van der Waals surface area contributed by atoms with E-state index in [1.165, 1.54) is 14.2 Å². The van der Waals surface area contributed by atoms with Crippen molar-refractivity contribution in [2.75, 3.05) is 33.9 Å². The van der Waals surface area contributed by atoms with Gasteiger partial charge >= 0.3 is 11.9 Å². The van der Waals surface area contributed by atoms with Crippen LogP contribution in [0.5, 0.6) is 0 Å². The smallest absolute Gasteiger partial charge is 0.336 e. The average Bonchev–Trinajstić information content (AvgIpc) is 2.43. The predicted molar refractivity (Wildman–Crippen MR) is 64.0 cm³/mol. The van der Waals surface area contributed by atoms with Gasteiger partial charge in [0.2, 0.25) is 0 Å². The van der Waals surface area contributed by atoms with Crippen molar-refractivity contribution in [1.29, 1.82) is 0 Å². The van der Waals surface area contributed by atoms with E-state index < -0.39 is 6.10 Å². The molecule has 1 aliphatic rings. The van der Waals surface area contributed by atoms with E-state index in [1.54, 1.807) is 0 Å². The van der Waals surface area contributed by atoms with E-state index in [2.05, 4.69) is 4.74 Å². The molecule has 0 saturated carbocycles. The highest BCUT2D eigenvalue weighted by atomic mass is 16.6. The molecule has 1 rings (SSSR count). The maximum Gasteiger partial charge on any atom is 0.336 e. The van der Waals surface area contributed by atoms with E-state index >= 15 is 0 Å². The zero-order valence-electron chi connectivity index (χ0n) is 11.3. The summed E-state index contributed by atoms with van der Waals surface area (Å²) < 4.78 is 14.7. The number of carbonyl (C=O) groups excluding carboxylic acids is 2. The van der Waals surface area contributed by atoms with Crippen LogP contribution >= 0.6 is 0 Å². The molecule has 0 aromatic heterocycles. The quantitative estimate of drug-likeness (QED) is 0.665. The number of esters is 2. The SMILES string of the molecule is COC(=O)C1CN(C(C)C(C)C(=O)OC)CCO1. The summed E-state index contributed by atoms with van der Waals surface area (Å²) in [6.07, 6.45) is -0.573. The molecule has 104 valence electrons. The van der Waals surface area contributed by atoms with Crippen LogP contribution in [0.15, 0.2) is 0 Å². The summed E-state index contributed by atoms with van der Waals surface area (Å²) in [5, 5.41) is 0. The highest BCUT2D eigenvalue weighted by Crippen LogP contribution is 2.16. The van der Waals surface area contributed by atoms with Gasteiger partial charge in [0.05, 0.1) is 26.7 Å². The minimum absolute atomic E-state index is 0.00601. The first kappa shape index (κ1) is 14.9. The zero-order valence-corrected chi connectivity index (χ0v) is 11.3. The van der Waals surface area contributed by atoms with Crippen molar-refractivity contribution < 1.29 is 23.8 Å². The Labute approximate surface area is 107 Å². The normalized spacial score (nSPS) is 24.1. The van der Waals surface area contributed by atoms with E-state index in [-0.39, 0.29) is 23.9 Å². The fourth-order valence-electron chi connectivity index (χ4n) is 2.01. The fourth-order valence-corrected chi connectivity index (χ4v) is 2.01. The van der Waals surface area contributed by atoms with Crippen LogP contribution in [0.4, 0.5) is 0 Å². The Morgan fingerprint density at radius 3 is 2.50 bits per heavy atom. The van der Waals surface area contributed by atoms with Gasteiger partial charge in [0.15, 0.2) is 6.10 Å². The van der Waals surface area contributed by atoms with Gasteiger partial charge in [-0.05, 0) is 6.92 Å². The van der Waals surface area contributed by atoms with Crippen LogP contribution < -0.4 is 0 Å². The maximum atomic E-state index is 11.5. The topological polar surface area (TPSA) is 65.1 Å². The highest BCUT2D eigenvalue weighted by Gasteiger charge is 2.33. The molecule has 0 bridgehead atoms. The van der Waals surface area contributed by atoms with Gasteiger partial charge in [-0.1, -0.05) is 6.92 Å². The predicted octanol–water partition coefficient (Wildman–Crippen LogP) is 0.0578. The van der Waals surface area contributed by atoms with Gasteiger partial charge in [-0.2, -0.15) is 0 Å². The van der Waals surface area contributed by atoms with Crippen molar-refractivity contribution in [3.63, 3.8) is 0 Å². The number of ether oxygens (including phenoxy) is 3. The lowest BCUT2D eigenvalue weighted by molar-refractivity contribution is -0.162. The third-order valence-corrected chi connectivity index (χ3v) is 3.43. The van der Waals surface area contributed by atoms with Gasteiger partial charge in [0, 0.05) is 19.1 Å². The maximum absolute atomic E-state index is 11.5. The van der Waals surface area contributed by atoms with E-state index in [9.17, 15) is 9.59 Å². The summed E-state index contributed by atoms with van der Waals surface area (Å²) >= 11 is 0. The van der Waals surface area contributed by atoms with Crippen LogP contribution in [-0.4, -0.2) is 62.9 Å². The Morgan fingerprint density at radius 2 is 1.94 bits per heavy atom. The minimum atomic E-state index is -0.573. The summed E-state index contributed by atoms with van der Waals surface area (Å²) in [7, 11) is 2.72. The van der Waals surface area contributed by atoms with Gasteiger partial charge in [-0.15, -0.1) is 0 Å². The lowest BCUT2D eigenvalue weighted by Crippen LogP contribution is -2.52. The summed E-state index contributed by atoms with van der Waals surface area (Å²) in [5.74, 6) is -0.868. The standard InChI is InChI=1S/C12H21NO5/c1-8(11(14)16-3)9(2)13-5-6-18-10(7-13)12(15)17-4/h8-10H,5-7H2,1-4H3. The van der Waals surface area contributed by atoms with Crippen LogP contribution in [0, 0.1) is 5.92 Å². The number of carbonyl (C=O) groups is 2. The average molecular weight is 259 g/mol. The molecule has 0 aliphatic carbocycles. The third kappa shape index (κ3) is 3.43. The lowest BCUT2D eigenvalue weighted by atomic mass is 10.0. The molecule has 0 aromatic carbocycles. The molecule has 3 atom stereocenters. The highest BCUT2D eigenvalue weighted by molar-refractivity contribution is 5.75. The minimum Gasteiger partial charge on any atom is -0.469 e. The molecule has 0 amide bonds. The molecule has 18 heavy (non-hydrogen) atoms. The van der Waals surface area contributed by atoms with Gasteiger partial charge in [-0.3, -0.25) is 9.69 Å². The molecule has 1 saturated heterocycles. The number of hydrogen-bond acceptors (Lipinski definition) is 6. The Balaban J connectivity index is 2.60. The fraction of sp³-hybridized carbons (Fsp3) is 0.833. The van der Waals surface area contributed by atoms with Crippen LogP contribution in [0.3, 0.4) is 0 Å². The first-order valence-electron chi connectivity index (χ1n) is 6.02. The van der Waals surface area contributed by atoms with Gasteiger partial charge in [0.25, 0.3) is 0 Å². The summed E-state index contributed by atoms with van der Waals surface area (Å²) in [6, 6.07) is -0.00601. The Hall–Kier alpha value is -1.14. The molecule has 0 N–H and O–H groups in total. The van der Waals surface area contributed by atoms with E-state index in [1.807, 2.05) is 18.7 Å². The largest absolute Gasteiger partial charge is 0.469 e. The molecular formula is C12H21NO5. The molecule has 6 heteroatoms. The molecule has 1 heterocycles. The molecular weight excluding hydrogens is 238 g/mol. The van der Waals surface area contributed by atoms with Crippen molar-refractivity contribution in [3.05, 3.63) is 0 Å². The second-order valence-corrected chi connectivity index (χ2v) is 4.43. The molecule has 0 radical (unpaired) electrons. The van der Waals surface area contributed by atoms with Crippen LogP contribution in [0.1, 0.15) is 13.8 Å². The van der Waals surface area contributed by atoms with Crippen LogP contribution in [-0.2, 0) is 23.8 Å². The molecule has 1 aliphatic heterocycles. The monoisotopic (exact) mass is 259 g/mol. The van der Waals surface area contributed by atoms with E-state index in [0.29, 0.717) is 19.7 Å². The van der Waals surface area contributed by atoms with Gasteiger partial charge < -0.3 is 14.2 Å². The number of methoxy groups -OCH3 is 2. The number of hydrogen-bond donors (Lipinski definition) is 0. The first-order valence-corrected chi connectivity index (χ1v) is 6.02. The van der Waals surface area contributed by atoms with Crippen LogP contribution in [0.25, 0.3) is 0 Å². The number of nitrogens with zero attached hydrogens (tertiary/aromatic N) is 1. The number of rotatable bonds is 4. The summed E-state index contributed by atoms with van der Waals surface area (Å²) in [4.78, 5) is 25.0. The summed E-state index contributed by atoms with van der Waals surface area (Å²) in [6.45, 7) is 5.35.